The Morgan fingerprint density at radius 2 is 1.83 bits per heavy atom. The lowest BCUT2D eigenvalue weighted by atomic mass is 9.74. The topological polar surface area (TPSA) is 125 Å². The van der Waals surface area contributed by atoms with Crippen molar-refractivity contribution < 1.29 is 33.8 Å². The van der Waals surface area contributed by atoms with Crippen molar-refractivity contribution in [1.82, 2.24) is 15.1 Å². The number of nitrogens with one attached hydrogen (secondary N) is 1. The minimum absolute atomic E-state index is 0.0676. The van der Waals surface area contributed by atoms with Crippen molar-refractivity contribution in [3.05, 3.63) is 58.6 Å². The Balaban J connectivity index is 1.58. The Morgan fingerprint density at radius 1 is 1.07 bits per heavy atom. The highest BCUT2D eigenvalue weighted by molar-refractivity contribution is 9.11. The molecule has 11 heteroatoms. The Morgan fingerprint density at radius 3 is 2.55 bits per heavy atom. The van der Waals surface area contributed by atoms with Crippen LogP contribution in [0.15, 0.2) is 53.0 Å². The maximum atomic E-state index is 14.3. The summed E-state index contributed by atoms with van der Waals surface area (Å²) in [7, 11) is 0. The van der Waals surface area contributed by atoms with Gasteiger partial charge < -0.3 is 29.7 Å². The monoisotopic (exact) mass is 643 g/mol. The van der Waals surface area contributed by atoms with E-state index in [9.17, 15) is 24.3 Å². The highest BCUT2D eigenvalue weighted by atomic mass is 79.9. The third kappa shape index (κ3) is 5.42. The van der Waals surface area contributed by atoms with Crippen LogP contribution in [0.2, 0.25) is 0 Å². The fourth-order valence-corrected chi connectivity index (χ4v) is 7.40. The largest absolute Gasteiger partial charge is 0.455 e. The molecule has 0 aromatic heterocycles. The van der Waals surface area contributed by atoms with Crippen molar-refractivity contribution >= 4 is 39.6 Å². The molecule has 5 bridgehead atoms. The first-order chi connectivity index (χ1) is 20.2. The van der Waals surface area contributed by atoms with E-state index in [2.05, 4.69) is 21.2 Å². The fourth-order valence-electron chi connectivity index (χ4n) is 6.67. The maximum Gasteiger partial charge on any atom is 0.313 e. The van der Waals surface area contributed by atoms with Gasteiger partial charge in [-0.3, -0.25) is 19.2 Å². The zero-order valence-electron chi connectivity index (χ0n) is 23.9. The van der Waals surface area contributed by atoms with E-state index in [0.29, 0.717) is 29.6 Å². The molecule has 7 atom stereocenters. The SMILES string of the molecule is CCCCN1C/C=C\CCC(=O)N[C@@H](C)[C@H](c2ccccc2)OC(=O)[C@H]2[C@@H]3O[C@@]4(C=C3Br)[C@@H]2C(=O)N(CCO)[C@@H]4C1=O. The number of carbonyl (C=O) groups is 4. The second-order valence-corrected chi connectivity index (χ2v) is 12.3. The number of cyclic esters (lactones) is 1. The number of ether oxygens (including phenoxy) is 2. The number of esters is 1. The number of fused-ring (bicyclic) bond motifs is 2. The van der Waals surface area contributed by atoms with Gasteiger partial charge in [-0.15, -0.1) is 0 Å². The van der Waals surface area contributed by atoms with Gasteiger partial charge in [0.15, 0.2) is 0 Å². The first-order valence-electron chi connectivity index (χ1n) is 14.7. The van der Waals surface area contributed by atoms with E-state index in [-0.39, 0.29) is 31.4 Å². The molecule has 226 valence electrons. The van der Waals surface area contributed by atoms with E-state index in [1.807, 2.05) is 49.4 Å². The standard InChI is InChI=1S/C31H38BrN3O7/c1-3-4-14-34-15-10-6-9-13-22(37)33-19(2)25(20-11-7-5-8-12-20)41-30(40)23-24-28(38)35(16-17-36)27(29(34)39)31(24)18-21(32)26(23)42-31/h5-8,10-12,18-19,23-27,36H,3-4,9,13-17H2,1-2H3,(H,33,37)/b10-6-/t19-,23+,24-,25+,26+,27+,31-/m0/s1. The molecule has 0 unspecified atom stereocenters. The Labute approximate surface area is 254 Å². The lowest BCUT2D eigenvalue weighted by Crippen LogP contribution is -2.56. The molecule has 0 saturated carbocycles. The molecule has 0 radical (unpaired) electrons. The first-order valence-corrected chi connectivity index (χ1v) is 15.5. The van der Waals surface area contributed by atoms with Crippen LogP contribution in [0.4, 0.5) is 0 Å². The quantitative estimate of drug-likeness (QED) is 0.361. The number of halogens is 1. The molecule has 0 aliphatic carbocycles. The van der Waals surface area contributed by atoms with Crippen molar-refractivity contribution in [2.75, 3.05) is 26.2 Å². The average Bonchev–Trinajstić information content (AvgIpc) is 3.56. The van der Waals surface area contributed by atoms with Gasteiger partial charge in [0.1, 0.15) is 29.8 Å². The van der Waals surface area contributed by atoms with Crippen molar-refractivity contribution in [2.24, 2.45) is 11.8 Å². The lowest BCUT2D eigenvalue weighted by Gasteiger charge is -2.35. The predicted molar refractivity (Wildman–Crippen MR) is 157 cm³/mol. The third-order valence-corrected chi connectivity index (χ3v) is 9.29. The second-order valence-electron chi connectivity index (χ2n) is 11.4. The summed E-state index contributed by atoms with van der Waals surface area (Å²) in [4.78, 5) is 58.3. The highest BCUT2D eigenvalue weighted by Crippen LogP contribution is 2.59. The van der Waals surface area contributed by atoms with Crippen molar-refractivity contribution in [2.45, 2.75) is 69.4 Å². The summed E-state index contributed by atoms with van der Waals surface area (Å²) in [5.41, 5.74) is -0.690. The van der Waals surface area contributed by atoms with Crippen LogP contribution < -0.4 is 5.32 Å². The number of β-amino-alcohol motifs (C(OH)–C–C–N with tert-alkyl or cyclic N) is 1. The molecule has 10 nitrogen and oxygen atoms in total. The summed E-state index contributed by atoms with van der Waals surface area (Å²) < 4.78 is 13.2. The second kappa shape index (κ2) is 12.7. The van der Waals surface area contributed by atoms with Gasteiger partial charge in [0, 0.05) is 30.5 Å². The van der Waals surface area contributed by atoms with Crippen molar-refractivity contribution in [1.29, 1.82) is 0 Å². The number of nitrogens with zero attached hydrogens (tertiary/aromatic N) is 2. The molecular weight excluding hydrogens is 606 g/mol. The number of allylic oxidation sites excluding steroid dienone is 1. The van der Waals surface area contributed by atoms with Gasteiger partial charge in [0.2, 0.25) is 17.7 Å². The van der Waals surface area contributed by atoms with Gasteiger partial charge in [0.05, 0.1) is 18.6 Å². The van der Waals surface area contributed by atoms with Crippen LogP contribution in [0.25, 0.3) is 0 Å². The smallest absolute Gasteiger partial charge is 0.313 e. The van der Waals surface area contributed by atoms with Gasteiger partial charge in [-0.1, -0.05) is 71.8 Å². The van der Waals surface area contributed by atoms with Gasteiger partial charge in [-0.2, -0.15) is 0 Å². The number of hydrogen-bond donors (Lipinski definition) is 2. The summed E-state index contributed by atoms with van der Waals surface area (Å²) in [6.07, 6.45) is 6.20. The van der Waals surface area contributed by atoms with Crippen LogP contribution in [0, 0.1) is 11.8 Å². The van der Waals surface area contributed by atoms with Crippen LogP contribution in [-0.4, -0.2) is 88.6 Å². The average molecular weight is 645 g/mol. The maximum absolute atomic E-state index is 14.3. The van der Waals surface area contributed by atoms with Crippen LogP contribution in [-0.2, 0) is 28.7 Å². The molecule has 1 aromatic rings. The number of unbranched alkanes of at least 4 members (excludes halogenated alkanes) is 1. The zero-order valence-corrected chi connectivity index (χ0v) is 25.5. The fraction of sp³-hybridized carbons (Fsp3) is 0.548. The number of carbonyl (C=O) groups excluding carboxylic acids is 4. The Kier molecular flexibility index (Phi) is 9.20. The number of likely N-dealkylation sites (tertiary alicyclic amines) is 1. The zero-order chi connectivity index (χ0) is 30.0. The number of aliphatic hydroxyl groups excluding tert-OH is 1. The Bertz CT molecular complexity index is 1270. The van der Waals surface area contributed by atoms with Gasteiger partial charge in [-0.25, -0.2) is 0 Å². The van der Waals surface area contributed by atoms with Crippen LogP contribution in [0.1, 0.15) is 51.2 Å². The molecule has 2 fully saturated rings. The number of rotatable bonds is 6. The van der Waals surface area contributed by atoms with E-state index < -0.39 is 53.6 Å². The number of benzene rings is 1. The molecule has 4 aliphatic heterocycles. The normalized spacial score (nSPS) is 34.2. The van der Waals surface area contributed by atoms with Crippen LogP contribution in [0.3, 0.4) is 0 Å². The summed E-state index contributed by atoms with van der Waals surface area (Å²) in [5.74, 6) is -3.59. The lowest BCUT2D eigenvalue weighted by molar-refractivity contribution is -0.161. The van der Waals surface area contributed by atoms with Crippen molar-refractivity contribution in [3.63, 3.8) is 0 Å². The van der Waals surface area contributed by atoms with Gasteiger partial charge in [0.25, 0.3) is 0 Å². The van der Waals surface area contributed by atoms with Crippen LogP contribution >= 0.6 is 15.9 Å². The predicted octanol–water partition coefficient (Wildman–Crippen LogP) is 2.62. The molecule has 4 aliphatic rings. The molecule has 4 heterocycles. The molecule has 2 saturated heterocycles. The summed E-state index contributed by atoms with van der Waals surface area (Å²) in [5, 5.41) is 12.9. The first kappa shape index (κ1) is 30.4. The van der Waals surface area contributed by atoms with E-state index in [1.54, 1.807) is 17.9 Å². The third-order valence-electron chi connectivity index (χ3n) is 8.61. The summed E-state index contributed by atoms with van der Waals surface area (Å²) in [6, 6.07) is 7.54. The summed E-state index contributed by atoms with van der Waals surface area (Å²) in [6.45, 7) is 4.17. The highest BCUT2D eigenvalue weighted by Gasteiger charge is 2.74. The minimum atomic E-state index is -1.39. The van der Waals surface area contributed by atoms with E-state index in [0.717, 1.165) is 12.8 Å². The minimum Gasteiger partial charge on any atom is -0.455 e. The van der Waals surface area contributed by atoms with E-state index in [1.165, 1.54) is 4.90 Å². The molecular formula is C31H38BrN3O7. The molecule has 1 spiro atoms. The number of amides is 3. The summed E-state index contributed by atoms with van der Waals surface area (Å²) >= 11 is 3.55. The molecule has 2 N–H and O–H groups in total. The molecule has 5 rings (SSSR count). The van der Waals surface area contributed by atoms with Crippen LogP contribution in [0.5, 0.6) is 0 Å². The van der Waals surface area contributed by atoms with E-state index in [4.69, 9.17) is 9.47 Å². The molecule has 42 heavy (non-hydrogen) atoms. The molecule has 3 amide bonds. The van der Waals surface area contributed by atoms with Gasteiger partial charge >= 0.3 is 5.97 Å². The van der Waals surface area contributed by atoms with Gasteiger partial charge in [-0.05, 0) is 31.4 Å². The van der Waals surface area contributed by atoms with E-state index >= 15 is 0 Å². The van der Waals surface area contributed by atoms with Crippen molar-refractivity contribution in [3.8, 4) is 0 Å². The number of hydrogen-bond acceptors (Lipinski definition) is 7. The molecule has 1 aromatic carbocycles. The number of aliphatic hydroxyl groups is 1. The Hall–Kier alpha value is -3.02.